The predicted octanol–water partition coefficient (Wildman–Crippen LogP) is 4.02. The van der Waals surface area contributed by atoms with Gasteiger partial charge in [0.2, 0.25) is 0 Å². The second-order valence-electron chi connectivity index (χ2n) is 4.79. The Bertz CT molecular complexity index is 699. The average molecular weight is 316 g/mol. The number of benzene rings is 2. The van der Waals surface area contributed by atoms with Gasteiger partial charge in [0.1, 0.15) is 0 Å². The third-order valence-electron chi connectivity index (χ3n) is 3.28. The lowest BCUT2D eigenvalue weighted by Gasteiger charge is -2.09. The van der Waals surface area contributed by atoms with E-state index in [0.717, 1.165) is 11.3 Å². The Morgan fingerprint density at radius 1 is 1.23 bits per heavy atom. The van der Waals surface area contributed by atoms with E-state index in [2.05, 4.69) is 5.32 Å². The van der Waals surface area contributed by atoms with Gasteiger partial charge in [-0.1, -0.05) is 18.2 Å². The lowest BCUT2D eigenvalue weighted by atomic mass is 10.1. The van der Waals surface area contributed by atoms with E-state index < -0.39 is 4.92 Å². The van der Waals surface area contributed by atoms with E-state index in [1.165, 1.54) is 6.07 Å². The Labute approximate surface area is 132 Å². The second-order valence-corrected chi connectivity index (χ2v) is 5.66. The number of nitro groups is 1. The molecule has 0 spiro atoms. The summed E-state index contributed by atoms with van der Waals surface area (Å²) >= 11 is 1.71. The van der Waals surface area contributed by atoms with Gasteiger partial charge in [0.15, 0.2) is 0 Å². The average Bonchev–Trinajstić information content (AvgIpc) is 2.50. The van der Waals surface area contributed by atoms with Crippen LogP contribution in [-0.2, 0) is 5.75 Å². The normalized spacial score (nSPS) is 10.3. The molecule has 6 heteroatoms. The van der Waals surface area contributed by atoms with Crippen molar-refractivity contribution in [3.8, 4) is 0 Å². The van der Waals surface area contributed by atoms with Gasteiger partial charge in [0.25, 0.3) is 11.6 Å². The number of anilines is 1. The minimum absolute atomic E-state index is 0.00637. The highest BCUT2D eigenvalue weighted by Gasteiger charge is 2.15. The van der Waals surface area contributed by atoms with Crippen LogP contribution in [-0.4, -0.2) is 17.1 Å². The van der Waals surface area contributed by atoms with Gasteiger partial charge < -0.3 is 5.32 Å². The number of carbonyl (C=O) groups is 1. The minimum atomic E-state index is -0.456. The Hall–Kier alpha value is -2.34. The van der Waals surface area contributed by atoms with Crippen LogP contribution in [0.5, 0.6) is 0 Å². The number of hydrogen-bond donors (Lipinski definition) is 1. The van der Waals surface area contributed by atoms with E-state index in [-0.39, 0.29) is 11.6 Å². The molecule has 114 valence electrons. The molecule has 0 heterocycles. The molecule has 2 aromatic rings. The van der Waals surface area contributed by atoms with Gasteiger partial charge in [-0.15, -0.1) is 0 Å². The summed E-state index contributed by atoms with van der Waals surface area (Å²) in [5.74, 6) is 0.616. The summed E-state index contributed by atoms with van der Waals surface area (Å²) in [7, 11) is 0. The van der Waals surface area contributed by atoms with Crippen molar-refractivity contribution in [2.75, 3.05) is 11.6 Å². The Morgan fingerprint density at radius 3 is 2.50 bits per heavy atom. The predicted molar refractivity (Wildman–Crippen MR) is 89.4 cm³/mol. The van der Waals surface area contributed by atoms with Crippen molar-refractivity contribution in [1.82, 2.24) is 0 Å². The first-order valence-electron chi connectivity index (χ1n) is 6.66. The molecule has 0 aliphatic rings. The maximum atomic E-state index is 12.2. The first-order chi connectivity index (χ1) is 10.5. The lowest BCUT2D eigenvalue weighted by Crippen LogP contribution is -2.13. The molecule has 2 rings (SSSR count). The number of thioether (sulfide) groups is 1. The van der Waals surface area contributed by atoms with E-state index in [4.69, 9.17) is 0 Å². The van der Waals surface area contributed by atoms with Crippen LogP contribution in [0.15, 0.2) is 42.5 Å². The van der Waals surface area contributed by atoms with E-state index in [9.17, 15) is 14.9 Å². The van der Waals surface area contributed by atoms with Crippen LogP contribution >= 0.6 is 11.8 Å². The van der Waals surface area contributed by atoms with Gasteiger partial charge in [0, 0.05) is 17.4 Å². The van der Waals surface area contributed by atoms with Gasteiger partial charge in [0.05, 0.1) is 16.2 Å². The highest BCUT2D eigenvalue weighted by atomic mass is 32.2. The number of carbonyl (C=O) groups excluding carboxylic acids is 1. The monoisotopic (exact) mass is 316 g/mol. The molecule has 0 aromatic heterocycles. The third kappa shape index (κ3) is 3.65. The van der Waals surface area contributed by atoms with Crippen LogP contribution in [0.1, 0.15) is 21.5 Å². The van der Waals surface area contributed by atoms with Gasteiger partial charge in [-0.3, -0.25) is 14.9 Å². The molecular formula is C16H16N2O3S. The SMILES string of the molecule is CSCc1ccc(C(=O)Nc2cccc([N+](=O)[O-])c2C)cc1. The topological polar surface area (TPSA) is 72.2 Å². The fourth-order valence-corrected chi connectivity index (χ4v) is 2.60. The summed E-state index contributed by atoms with van der Waals surface area (Å²) in [6.07, 6.45) is 2.02. The fraction of sp³-hybridized carbons (Fsp3) is 0.188. The first-order valence-corrected chi connectivity index (χ1v) is 8.05. The van der Waals surface area contributed by atoms with Gasteiger partial charge in [-0.25, -0.2) is 0 Å². The zero-order valence-corrected chi connectivity index (χ0v) is 13.1. The third-order valence-corrected chi connectivity index (χ3v) is 3.90. The molecule has 0 aliphatic carbocycles. The molecule has 0 fully saturated rings. The van der Waals surface area contributed by atoms with Crippen molar-refractivity contribution in [2.45, 2.75) is 12.7 Å². The van der Waals surface area contributed by atoms with E-state index in [1.807, 2.05) is 18.4 Å². The molecule has 0 bridgehead atoms. The molecule has 1 amide bonds. The van der Waals surface area contributed by atoms with Crippen molar-refractivity contribution in [3.05, 3.63) is 69.3 Å². The van der Waals surface area contributed by atoms with E-state index >= 15 is 0 Å². The van der Waals surface area contributed by atoms with Gasteiger partial charge in [-0.05, 0) is 36.9 Å². The molecule has 0 radical (unpaired) electrons. The highest BCUT2D eigenvalue weighted by molar-refractivity contribution is 7.97. The Kier molecular flexibility index (Phi) is 5.16. The summed E-state index contributed by atoms with van der Waals surface area (Å²) in [6, 6.07) is 12.0. The maximum absolute atomic E-state index is 12.2. The maximum Gasteiger partial charge on any atom is 0.274 e. The molecule has 5 nitrogen and oxygen atoms in total. The second kappa shape index (κ2) is 7.09. The molecule has 0 aliphatic heterocycles. The molecule has 0 unspecified atom stereocenters. The quantitative estimate of drug-likeness (QED) is 0.668. The summed E-state index contributed by atoms with van der Waals surface area (Å²) in [6.45, 7) is 1.62. The van der Waals surface area contributed by atoms with E-state index in [1.54, 1.807) is 43.0 Å². The molecule has 22 heavy (non-hydrogen) atoms. The zero-order chi connectivity index (χ0) is 16.1. The van der Waals surface area contributed by atoms with Crippen LogP contribution in [0.3, 0.4) is 0 Å². The van der Waals surface area contributed by atoms with Crippen molar-refractivity contribution in [3.63, 3.8) is 0 Å². The summed E-state index contributed by atoms with van der Waals surface area (Å²) < 4.78 is 0. The number of nitrogens with zero attached hydrogens (tertiary/aromatic N) is 1. The number of hydrogen-bond acceptors (Lipinski definition) is 4. The fourth-order valence-electron chi connectivity index (χ4n) is 2.07. The summed E-state index contributed by atoms with van der Waals surface area (Å²) in [5, 5.41) is 13.6. The van der Waals surface area contributed by atoms with Crippen LogP contribution in [0, 0.1) is 17.0 Å². The van der Waals surface area contributed by atoms with Crippen LogP contribution in [0.25, 0.3) is 0 Å². The van der Waals surface area contributed by atoms with Crippen LogP contribution < -0.4 is 5.32 Å². The van der Waals surface area contributed by atoms with Crippen LogP contribution in [0.2, 0.25) is 0 Å². The molecule has 0 atom stereocenters. The van der Waals surface area contributed by atoms with Crippen LogP contribution in [0.4, 0.5) is 11.4 Å². The summed E-state index contributed by atoms with van der Waals surface area (Å²) in [5.41, 5.74) is 2.56. The number of amides is 1. The lowest BCUT2D eigenvalue weighted by molar-refractivity contribution is -0.385. The number of rotatable bonds is 5. The van der Waals surface area contributed by atoms with E-state index in [0.29, 0.717) is 16.8 Å². The Morgan fingerprint density at radius 2 is 1.91 bits per heavy atom. The van der Waals surface area contributed by atoms with Crippen molar-refractivity contribution in [2.24, 2.45) is 0 Å². The summed E-state index contributed by atoms with van der Waals surface area (Å²) in [4.78, 5) is 22.7. The van der Waals surface area contributed by atoms with Gasteiger partial charge >= 0.3 is 0 Å². The van der Waals surface area contributed by atoms with Crippen molar-refractivity contribution >= 4 is 29.0 Å². The Balaban J connectivity index is 2.18. The van der Waals surface area contributed by atoms with Crippen molar-refractivity contribution in [1.29, 1.82) is 0 Å². The number of nitro benzene ring substituents is 1. The standard InChI is InChI=1S/C16H16N2O3S/c1-11-14(4-3-5-15(11)18(20)21)17-16(19)13-8-6-12(7-9-13)10-22-2/h3-9H,10H2,1-2H3,(H,17,19). The van der Waals surface area contributed by atoms with Crippen molar-refractivity contribution < 1.29 is 9.72 Å². The molecule has 0 saturated carbocycles. The molecule has 1 N–H and O–H groups in total. The zero-order valence-electron chi connectivity index (χ0n) is 12.3. The van der Waals surface area contributed by atoms with Gasteiger partial charge in [-0.2, -0.15) is 11.8 Å². The molecule has 0 saturated heterocycles. The number of nitrogens with one attached hydrogen (secondary N) is 1. The molecule has 2 aromatic carbocycles. The highest BCUT2D eigenvalue weighted by Crippen LogP contribution is 2.25. The first kappa shape index (κ1) is 16.0. The molecular weight excluding hydrogens is 300 g/mol. The smallest absolute Gasteiger partial charge is 0.274 e. The largest absolute Gasteiger partial charge is 0.321 e. The minimum Gasteiger partial charge on any atom is -0.321 e.